The Morgan fingerprint density at radius 2 is 2.11 bits per heavy atom. The molecule has 1 aliphatic rings. The lowest BCUT2D eigenvalue weighted by Gasteiger charge is -2.36. The standard InChI is InChI=1S/C13H17BrN2O2/c1-15-8-2-3-12(9-15)16(13(17)18)11-6-4-10(14)5-7-11/h4-7,12H,2-3,8-9H2,1H3,(H,17,18)/t12-/m0/s1. The molecule has 1 aromatic rings. The molecule has 0 unspecified atom stereocenters. The van der Waals surface area contributed by atoms with Crippen LogP contribution in [0.25, 0.3) is 0 Å². The number of benzene rings is 1. The number of halogens is 1. The predicted molar refractivity (Wildman–Crippen MR) is 75.2 cm³/mol. The summed E-state index contributed by atoms with van der Waals surface area (Å²) in [6.45, 7) is 1.84. The van der Waals surface area contributed by atoms with Crippen molar-refractivity contribution in [2.24, 2.45) is 0 Å². The molecule has 4 nitrogen and oxygen atoms in total. The van der Waals surface area contributed by atoms with Gasteiger partial charge in [0, 0.05) is 16.7 Å². The summed E-state index contributed by atoms with van der Waals surface area (Å²) in [4.78, 5) is 15.2. The smallest absolute Gasteiger partial charge is 0.412 e. The van der Waals surface area contributed by atoms with Gasteiger partial charge in [-0.25, -0.2) is 4.79 Å². The van der Waals surface area contributed by atoms with Crippen LogP contribution in [0.5, 0.6) is 0 Å². The van der Waals surface area contributed by atoms with Crippen molar-refractivity contribution in [2.75, 3.05) is 25.0 Å². The first-order valence-electron chi connectivity index (χ1n) is 6.04. The zero-order valence-corrected chi connectivity index (χ0v) is 11.9. The maximum atomic E-state index is 11.5. The number of likely N-dealkylation sites (tertiary alicyclic amines) is 1. The second-order valence-electron chi connectivity index (χ2n) is 4.69. The van der Waals surface area contributed by atoms with Crippen LogP contribution in [0.1, 0.15) is 12.8 Å². The highest BCUT2D eigenvalue weighted by molar-refractivity contribution is 9.10. The third-order valence-corrected chi connectivity index (χ3v) is 3.80. The molecule has 1 fully saturated rings. The van der Waals surface area contributed by atoms with Crippen molar-refractivity contribution < 1.29 is 9.90 Å². The Hall–Kier alpha value is -1.07. The number of anilines is 1. The Labute approximate surface area is 115 Å². The number of hydrogen-bond donors (Lipinski definition) is 1. The summed E-state index contributed by atoms with van der Waals surface area (Å²) in [6.07, 6.45) is 1.09. The van der Waals surface area contributed by atoms with E-state index in [1.165, 1.54) is 4.90 Å². The monoisotopic (exact) mass is 312 g/mol. The Kier molecular flexibility index (Phi) is 4.24. The molecule has 1 N–H and O–H groups in total. The highest BCUT2D eigenvalue weighted by Crippen LogP contribution is 2.24. The Bertz CT molecular complexity index is 422. The number of nitrogens with zero attached hydrogens (tertiary/aromatic N) is 2. The third kappa shape index (κ3) is 3.03. The molecule has 1 aliphatic heterocycles. The van der Waals surface area contributed by atoms with Crippen LogP contribution in [0.4, 0.5) is 10.5 Å². The average molecular weight is 313 g/mol. The van der Waals surface area contributed by atoms with Crippen molar-refractivity contribution in [3.63, 3.8) is 0 Å². The van der Waals surface area contributed by atoms with Gasteiger partial charge in [-0.3, -0.25) is 4.90 Å². The number of amides is 1. The number of carboxylic acid groups (broad SMARTS) is 1. The van der Waals surface area contributed by atoms with Gasteiger partial charge in [0.15, 0.2) is 0 Å². The number of likely N-dealkylation sites (N-methyl/N-ethyl adjacent to an activating group) is 1. The van der Waals surface area contributed by atoms with Crippen LogP contribution in [0, 0.1) is 0 Å². The summed E-state index contributed by atoms with van der Waals surface area (Å²) >= 11 is 3.36. The molecule has 0 aliphatic carbocycles. The minimum Gasteiger partial charge on any atom is -0.465 e. The SMILES string of the molecule is CN1CCC[C@H](N(C(=O)O)c2ccc(Br)cc2)C1. The Morgan fingerprint density at radius 3 is 2.67 bits per heavy atom. The van der Waals surface area contributed by atoms with Crippen LogP contribution in [-0.4, -0.2) is 42.3 Å². The fourth-order valence-corrected chi connectivity index (χ4v) is 2.69. The molecule has 0 spiro atoms. The van der Waals surface area contributed by atoms with E-state index in [4.69, 9.17) is 0 Å². The Balaban J connectivity index is 2.22. The van der Waals surface area contributed by atoms with Crippen LogP contribution < -0.4 is 4.90 Å². The van der Waals surface area contributed by atoms with E-state index in [0.717, 1.165) is 36.1 Å². The van der Waals surface area contributed by atoms with Crippen LogP contribution >= 0.6 is 15.9 Å². The molecule has 0 saturated carbocycles. The maximum Gasteiger partial charge on any atom is 0.412 e. The summed E-state index contributed by atoms with van der Waals surface area (Å²) in [5.74, 6) is 0. The molecule has 0 bridgehead atoms. The quantitative estimate of drug-likeness (QED) is 0.913. The molecule has 1 saturated heterocycles. The topological polar surface area (TPSA) is 43.8 Å². The second-order valence-corrected chi connectivity index (χ2v) is 5.60. The Morgan fingerprint density at radius 1 is 1.44 bits per heavy atom. The van der Waals surface area contributed by atoms with E-state index >= 15 is 0 Å². The highest BCUT2D eigenvalue weighted by atomic mass is 79.9. The number of hydrogen-bond acceptors (Lipinski definition) is 2. The van der Waals surface area contributed by atoms with Gasteiger partial charge in [-0.1, -0.05) is 15.9 Å². The van der Waals surface area contributed by atoms with Crippen molar-refractivity contribution in [1.82, 2.24) is 4.90 Å². The zero-order valence-electron chi connectivity index (χ0n) is 10.3. The van der Waals surface area contributed by atoms with Gasteiger partial charge < -0.3 is 10.0 Å². The minimum atomic E-state index is -0.877. The van der Waals surface area contributed by atoms with Gasteiger partial charge in [0.25, 0.3) is 0 Å². The van der Waals surface area contributed by atoms with Gasteiger partial charge in [-0.05, 0) is 50.7 Å². The van der Waals surface area contributed by atoms with Crippen LogP contribution in [0.15, 0.2) is 28.7 Å². The lowest BCUT2D eigenvalue weighted by Crippen LogP contribution is -2.49. The van der Waals surface area contributed by atoms with E-state index in [2.05, 4.69) is 20.8 Å². The largest absolute Gasteiger partial charge is 0.465 e. The molecule has 98 valence electrons. The third-order valence-electron chi connectivity index (χ3n) is 3.28. The fourth-order valence-electron chi connectivity index (χ4n) is 2.43. The minimum absolute atomic E-state index is 0.0439. The van der Waals surface area contributed by atoms with Crippen molar-refractivity contribution in [2.45, 2.75) is 18.9 Å². The number of piperidine rings is 1. The molecular formula is C13H17BrN2O2. The summed E-state index contributed by atoms with van der Waals surface area (Å²) in [7, 11) is 2.04. The second kappa shape index (κ2) is 5.71. The molecule has 0 aromatic heterocycles. The van der Waals surface area contributed by atoms with Crippen molar-refractivity contribution in [3.8, 4) is 0 Å². The maximum absolute atomic E-state index is 11.5. The van der Waals surface area contributed by atoms with Gasteiger partial charge >= 0.3 is 6.09 Å². The van der Waals surface area contributed by atoms with E-state index in [-0.39, 0.29) is 6.04 Å². The summed E-state index contributed by atoms with van der Waals surface area (Å²) in [5.41, 5.74) is 0.742. The van der Waals surface area contributed by atoms with E-state index in [1.54, 1.807) is 0 Å². The highest BCUT2D eigenvalue weighted by Gasteiger charge is 2.28. The van der Waals surface area contributed by atoms with Gasteiger partial charge in [0.1, 0.15) is 0 Å². The fraction of sp³-hybridized carbons (Fsp3) is 0.462. The molecule has 5 heteroatoms. The van der Waals surface area contributed by atoms with E-state index < -0.39 is 6.09 Å². The van der Waals surface area contributed by atoms with E-state index in [9.17, 15) is 9.90 Å². The van der Waals surface area contributed by atoms with Crippen LogP contribution in [0.3, 0.4) is 0 Å². The molecule has 0 radical (unpaired) electrons. The van der Waals surface area contributed by atoms with Gasteiger partial charge in [0.05, 0.1) is 6.04 Å². The molecule has 1 heterocycles. The van der Waals surface area contributed by atoms with E-state index in [0.29, 0.717) is 0 Å². The van der Waals surface area contributed by atoms with Crippen LogP contribution in [0.2, 0.25) is 0 Å². The first-order chi connectivity index (χ1) is 8.58. The van der Waals surface area contributed by atoms with Crippen molar-refractivity contribution in [3.05, 3.63) is 28.7 Å². The molecule has 18 heavy (non-hydrogen) atoms. The summed E-state index contributed by atoms with van der Waals surface area (Å²) in [5, 5.41) is 9.43. The van der Waals surface area contributed by atoms with Crippen molar-refractivity contribution >= 4 is 27.7 Å². The molecule has 2 rings (SSSR count). The first-order valence-corrected chi connectivity index (χ1v) is 6.83. The van der Waals surface area contributed by atoms with Gasteiger partial charge in [-0.2, -0.15) is 0 Å². The number of rotatable bonds is 2. The van der Waals surface area contributed by atoms with Gasteiger partial charge in [0.2, 0.25) is 0 Å². The molecule has 1 atom stereocenters. The van der Waals surface area contributed by atoms with Crippen molar-refractivity contribution in [1.29, 1.82) is 0 Å². The van der Waals surface area contributed by atoms with Gasteiger partial charge in [-0.15, -0.1) is 0 Å². The lowest BCUT2D eigenvalue weighted by molar-refractivity contribution is 0.188. The zero-order chi connectivity index (χ0) is 13.1. The average Bonchev–Trinajstić information content (AvgIpc) is 2.32. The van der Waals surface area contributed by atoms with E-state index in [1.807, 2.05) is 31.3 Å². The predicted octanol–water partition coefficient (Wildman–Crippen LogP) is 3.03. The normalized spacial score (nSPS) is 20.7. The summed E-state index contributed by atoms with van der Waals surface area (Å²) < 4.78 is 0.956. The van der Waals surface area contributed by atoms with Crippen LogP contribution in [-0.2, 0) is 0 Å². The number of carbonyl (C=O) groups is 1. The first kappa shape index (κ1) is 13.4. The summed E-state index contributed by atoms with van der Waals surface area (Å²) in [6, 6.07) is 7.47. The molecule has 1 aromatic carbocycles. The lowest BCUT2D eigenvalue weighted by atomic mass is 10.0. The molecule has 1 amide bonds. The molecular weight excluding hydrogens is 296 g/mol.